The SMILES string of the molecule is CN1C(=O)CC[C@]2(C)[C@H]3CC[C@]4(C)[C@@H](Nc5ccc([N+](=O)[O-])c(C(F)(F)F)c5)CC[C@H]4[C@@H]3CC[C@@H]12. The fourth-order valence-corrected chi connectivity index (χ4v) is 8.60. The smallest absolute Gasteiger partial charge is 0.382 e. The standard InChI is InChI=1S/C26H34F3N3O3/c1-24-12-10-18-16(5-9-22-25(18,2)13-11-23(33)31(22)3)17(24)6-8-21(24)30-15-4-7-20(32(34)35)19(14-15)26(27,28)29/h4,7,14,16-18,21-22,30H,5-6,8-13H2,1-3H3/t16-,17-,18-,21-,22+,24-,25+/m0/s1. The minimum Gasteiger partial charge on any atom is -0.382 e. The van der Waals surface area contributed by atoms with Gasteiger partial charge in [-0.05, 0) is 85.7 Å². The molecular formula is C26H34F3N3O3. The number of piperidine rings is 1. The van der Waals surface area contributed by atoms with Crippen LogP contribution in [0.2, 0.25) is 0 Å². The molecule has 4 aliphatic rings. The third-order valence-corrected chi connectivity index (χ3v) is 10.4. The van der Waals surface area contributed by atoms with Gasteiger partial charge in [-0.25, -0.2) is 0 Å². The normalized spacial score (nSPS) is 39.0. The molecule has 0 bridgehead atoms. The van der Waals surface area contributed by atoms with E-state index in [-0.39, 0.29) is 22.8 Å². The third-order valence-electron chi connectivity index (χ3n) is 10.4. The molecule has 1 amide bonds. The number of anilines is 1. The van der Waals surface area contributed by atoms with Gasteiger partial charge in [-0.2, -0.15) is 13.2 Å². The molecule has 1 aromatic carbocycles. The Morgan fingerprint density at radius 2 is 1.77 bits per heavy atom. The van der Waals surface area contributed by atoms with Crippen molar-refractivity contribution in [1.29, 1.82) is 0 Å². The van der Waals surface area contributed by atoms with Crippen LogP contribution in [0.25, 0.3) is 0 Å². The van der Waals surface area contributed by atoms with Crippen LogP contribution < -0.4 is 5.32 Å². The minimum absolute atomic E-state index is 0.0251. The second-order valence-electron chi connectivity index (χ2n) is 11.8. The summed E-state index contributed by atoms with van der Waals surface area (Å²) in [5.41, 5.74) is -1.75. The summed E-state index contributed by atoms with van der Waals surface area (Å²) in [7, 11) is 1.95. The Bertz CT molecular complexity index is 1050. The molecule has 5 rings (SSSR count). The van der Waals surface area contributed by atoms with Gasteiger partial charge in [-0.1, -0.05) is 13.8 Å². The molecule has 0 unspecified atom stereocenters. The molecule has 1 saturated heterocycles. The molecule has 1 N–H and O–H groups in total. The van der Waals surface area contributed by atoms with Crippen LogP contribution in [0, 0.1) is 38.7 Å². The number of carbonyl (C=O) groups excluding carboxylic acids is 1. The average molecular weight is 494 g/mol. The number of nitrogens with zero attached hydrogens (tertiary/aromatic N) is 2. The number of nitro groups is 1. The number of likely N-dealkylation sites (tertiary alicyclic amines) is 1. The Hall–Kier alpha value is -2.32. The van der Waals surface area contributed by atoms with Gasteiger partial charge in [0.1, 0.15) is 5.56 Å². The lowest BCUT2D eigenvalue weighted by atomic mass is 9.47. The van der Waals surface area contributed by atoms with Gasteiger partial charge in [0.25, 0.3) is 5.69 Å². The van der Waals surface area contributed by atoms with Crippen LogP contribution in [0.4, 0.5) is 24.5 Å². The first-order valence-electron chi connectivity index (χ1n) is 12.7. The van der Waals surface area contributed by atoms with E-state index in [2.05, 4.69) is 19.2 Å². The third kappa shape index (κ3) is 3.71. The molecule has 192 valence electrons. The molecule has 35 heavy (non-hydrogen) atoms. The highest BCUT2D eigenvalue weighted by Crippen LogP contribution is 2.65. The van der Waals surface area contributed by atoms with E-state index in [0.717, 1.165) is 57.1 Å². The van der Waals surface area contributed by atoms with Crippen LogP contribution in [0.1, 0.15) is 70.8 Å². The van der Waals surface area contributed by atoms with E-state index in [4.69, 9.17) is 0 Å². The van der Waals surface area contributed by atoms with Crippen LogP contribution in [-0.2, 0) is 11.0 Å². The lowest BCUT2D eigenvalue weighted by Gasteiger charge is -2.61. The summed E-state index contributed by atoms with van der Waals surface area (Å²) in [5.74, 6) is 1.86. The van der Waals surface area contributed by atoms with Gasteiger partial charge in [-0.3, -0.25) is 14.9 Å². The number of benzene rings is 1. The van der Waals surface area contributed by atoms with E-state index < -0.39 is 22.4 Å². The highest BCUT2D eigenvalue weighted by atomic mass is 19.4. The monoisotopic (exact) mass is 493 g/mol. The molecule has 1 aromatic rings. The van der Waals surface area contributed by atoms with Gasteiger partial charge < -0.3 is 10.2 Å². The Balaban J connectivity index is 1.38. The molecule has 0 radical (unpaired) electrons. The van der Waals surface area contributed by atoms with Gasteiger partial charge in [0.2, 0.25) is 5.91 Å². The Labute approximate surface area is 203 Å². The average Bonchev–Trinajstić information content (AvgIpc) is 3.12. The highest BCUT2D eigenvalue weighted by molar-refractivity contribution is 5.77. The van der Waals surface area contributed by atoms with Crippen molar-refractivity contribution in [1.82, 2.24) is 4.90 Å². The van der Waals surface area contributed by atoms with Gasteiger partial charge in [0.15, 0.2) is 0 Å². The van der Waals surface area contributed by atoms with Gasteiger partial charge in [0, 0.05) is 37.3 Å². The maximum Gasteiger partial charge on any atom is 0.423 e. The molecule has 0 aromatic heterocycles. The topological polar surface area (TPSA) is 75.5 Å². The number of alkyl halides is 3. The summed E-state index contributed by atoms with van der Waals surface area (Å²) < 4.78 is 40.5. The van der Waals surface area contributed by atoms with Crippen LogP contribution in [0.3, 0.4) is 0 Å². The van der Waals surface area contributed by atoms with Crippen molar-refractivity contribution in [3.8, 4) is 0 Å². The maximum atomic E-state index is 13.5. The van der Waals surface area contributed by atoms with Crippen molar-refractivity contribution >= 4 is 17.3 Å². The quantitative estimate of drug-likeness (QED) is 0.399. The number of amides is 1. The van der Waals surface area contributed by atoms with E-state index >= 15 is 0 Å². The van der Waals surface area contributed by atoms with Crippen LogP contribution in [0.5, 0.6) is 0 Å². The van der Waals surface area contributed by atoms with Crippen LogP contribution >= 0.6 is 0 Å². The number of hydrogen-bond donors (Lipinski definition) is 1. The van der Waals surface area contributed by atoms with Crippen LogP contribution in [0.15, 0.2) is 18.2 Å². The second-order valence-corrected chi connectivity index (χ2v) is 11.8. The molecular weight excluding hydrogens is 459 g/mol. The van der Waals surface area contributed by atoms with Gasteiger partial charge in [-0.15, -0.1) is 0 Å². The fraction of sp³-hybridized carbons (Fsp3) is 0.731. The van der Waals surface area contributed by atoms with Crippen LogP contribution in [-0.4, -0.2) is 34.9 Å². The highest BCUT2D eigenvalue weighted by Gasteiger charge is 2.61. The number of fused-ring (bicyclic) bond motifs is 5. The van der Waals surface area contributed by atoms with Gasteiger partial charge >= 0.3 is 6.18 Å². The summed E-state index contributed by atoms with van der Waals surface area (Å²) in [6, 6.07) is 3.57. The summed E-state index contributed by atoms with van der Waals surface area (Å²) in [4.78, 5) is 24.5. The van der Waals surface area contributed by atoms with Crippen molar-refractivity contribution in [2.75, 3.05) is 12.4 Å². The first-order chi connectivity index (χ1) is 16.4. The van der Waals surface area contributed by atoms with Crippen molar-refractivity contribution in [3.05, 3.63) is 33.9 Å². The number of nitrogens with one attached hydrogen (secondary N) is 1. The second kappa shape index (κ2) is 8.10. The molecule has 1 heterocycles. The number of nitro benzene ring substituents is 1. The first kappa shape index (κ1) is 24.4. The molecule has 3 aliphatic carbocycles. The molecule has 0 spiro atoms. The van der Waals surface area contributed by atoms with E-state index in [1.807, 2.05) is 11.9 Å². The van der Waals surface area contributed by atoms with E-state index in [9.17, 15) is 28.1 Å². The molecule has 9 heteroatoms. The summed E-state index contributed by atoms with van der Waals surface area (Å²) in [5, 5.41) is 14.5. The zero-order chi connectivity index (χ0) is 25.3. The van der Waals surface area contributed by atoms with E-state index in [1.165, 1.54) is 6.07 Å². The summed E-state index contributed by atoms with van der Waals surface area (Å²) in [6.07, 6.45) is 2.84. The Morgan fingerprint density at radius 3 is 2.46 bits per heavy atom. The Morgan fingerprint density at radius 1 is 1.06 bits per heavy atom. The predicted octanol–water partition coefficient (Wildman–Crippen LogP) is 6.26. The number of hydrogen-bond acceptors (Lipinski definition) is 4. The molecule has 6 nitrogen and oxygen atoms in total. The van der Waals surface area contributed by atoms with Crippen molar-refractivity contribution < 1.29 is 22.9 Å². The number of halogens is 3. The van der Waals surface area contributed by atoms with E-state index in [0.29, 0.717) is 35.9 Å². The summed E-state index contributed by atoms with van der Waals surface area (Å²) in [6.45, 7) is 4.65. The lowest BCUT2D eigenvalue weighted by Crippen LogP contribution is -2.61. The molecule has 4 fully saturated rings. The molecule has 3 saturated carbocycles. The zero-order valence-electron chi connectivity index (χ0n) is 20.5. The van der Waals surface area contributed by atoms with Crippen molar-refractivity contribution in [2.45, 2.75) is 83.5 Å². The Kier molecular flexibility index (Phi) is 5.64. The zero-order valence-corrected chi connectivity index (χ0v) is 20.5. The summed E-state index contributed by atoms with van der Waals surface area (Å²) >= 11 is 0. The number of rotatable bonds is 3. The minimum atomic E-state index is -4.79. The first-order valence-corrected chi connectivity index (χ1v) is 12.7. The van der Waals surface area contributed by atoms with Crippen molar-refractivity contribution in [3.63, 3.8) is 0 Å². The molecule has 1 aliphatic heterocycles. The lowest BCUT2D eigenvalue weighted by molar-refractivity contribution is -0.388. The molecule has 7 atom stereocenters. The fourth-order valence-electron chi connectivity index (χ4n) is 8.60. The number of carbonyl (C=O) groups is 1. The van der Waals surface area contributed by atoms with E-state index in [1.54, 1.807) is 0 Å². The largest absolute Gasteiger partial charge is 0.423 e. The predicted molar refractivity (Wildman–Crippen MR) is 126 cm³/mol. The van der Waals surface area contributed by atoms with Gasteiger partial charge in [0.05, 0.1) is 4.92 Å². The maximum absolute atomic E-state index is 13.5. The van der Waals surface area contributed by atoms with Crippen molar-refractivity contribution in [2.24, 2.45) is 28.6 Å².